The zero-order chi connectivity index (χ0) is 24.6. The Morgan fingerprint density at radius 3 is 1.91 bits per heavy atom. The molecule has 2 amide bonds. The molecule has 0 N–H and O–H groups in total. The second-order valence-electron chi connectivity index (χ2n) is 7.94. The summed E-state index contributed by atoms with van der Waals surface area (Å²) in [7, 11) is 1.64. The van der Waals surface area contributed by atoms with Crippen LogP contribution in [0.1, 0.15) is 27.6 Å². The lowest BCUT2D eigenvalue weighted by atomic mass is 10.1. The number of carbonyl (C=O) groups excluding carboxylic acids is 2. The van der Waals surface area contributed by atoms with Gasteiger partial charge in [-0.25, -0.2) is 0 Å². The molecule has 0 bridgehead atoms. The number of amides is 2. The van der Waals surface area contributed by atoms with Gasteiger partial charge in [-0.1, -0.05) is 12.1 Å². The number of benzene rings is 3. The number of rotatable bonds is 11. The number of hydrogen-bond donors (Lipinski definition) is 0. The van der Waals surface area contributed by atoms with Crippen molar-refractivity contribution in [1.29, 1.82) is 0 Å². The maximum Gasteiger partial charge on any atom is 0.261 e. The normalized spacial score (nSPS) is 12.9. The molecule has 0 saturated heterocycles. The maximum absolute atomic E-state index is 12.6. The molecule has 8 nitrogen and oxygen atoms in total. The summed E-state index contributed by atoms with van der Waals surface area (Å²) in [6, 6.07) is 22.1. The summed E-state index contributed by atoms with van der Waals surface area (Å²) < 4.78 is 10.5. The van der Waals surface area contributed by atoms with E-state index in [1.165, 1.54) is 4.90 Å². The van der Waals surface area contributed by atoms with E-state index in [-0.39, 0.29) is 11.8 Å². The van der Waals surface area contributed by atoms with Gasteiger partial charge in [0.2, 0.25) is 0 Å². The predicted octanol–water partition coefficient (Wildman–Crippen LogP) is 5.25. The van der Waals surface area contributed by atoms with Crippen LogP contribution in [0.2, 0.25) is 0 Å². The van der Waals surface area contributed by atoms with Crippen molar-refractivity contribution in [3.05, 3.63) is 83.9 Å². The van der Waals surface area contributed by atoms with Crippen LogP contribution in [0.15, 0.2) is 83.0 Å². The first kappa shape index (κ1) is 24.1. The van der Waals surface area contributed by atoms with E-state index in [0.717, 1.165) is 29.4 Å². The molecule has 180 valence electrons. The van der Waals surface area contributed by atoms with Crippen LogP contribution in [-0.4, -0.2) is 56.7 Å². The van der Waals surface area contributed by atoms with E-state index >= 15 is 0 Å². The Balaban J connectivity index is 1.33. The standard InChI is InChI=1S/C27H28N4O4/c1-3-30(16-17-31-26(32)24-6-4-5-7-25(24)27(31)33)22-12-8-20(9-13-22)28-29-21-10-14-23(15-11-21)35-19-18-34-2/h4-15H,3,16-19H2,1-2H3/b29-28+. The molecule has 0 atom stereocenters. The second-order valence-corrected chi connectivity index (χ2v) is 7.94. The number of carbonyl (C=O) groups is 2. The number of imide groups is 1. The smallest absolute Gasteiger partial charge is 0.261 e. The van der Waals surface area contributed by atoms with Crippen molar-refractivity contribution in [2.24, 2.45) is 10.2 Å². The van der Waals surface area contributed by atoms with Crippen molar-refractivity contribution >= 4 is 28.9 Å². The van der Waals surface area contributed by atoms with Gasteiger partial charge in [-0.2, -0.15) is 10.2 Å². The van der Waals surface area contributed by atoms with Crippen molar-refractivity contribution in [2.45, 2.75) is 6.92 Å². The Morgan fingerprint density at radius 2 is 1.37 bits per heavy atom. The number of anilines is 1. The van der Waals surface area contributed by atoms with E-state index in [1.807, 2.05) is 55.5 Å². The lowest BCUT2D eigenvalue weighted by Gasteiger charge is -2.25. The summed E-state index contributed by atoms with van der Waals surface area (Å²) in [4.78, 5) is 28.7. The number of nitrogens with zero attached hydrogens (tertiary/aromatic N) is 4. The molecule has 3 aromatic carbocycles. The maximum atomic E-state index is 12.6. The van der Waals surface area contributed by atoms with Gasteiger partial charge in [0, 0.05) is 32.4 Å². The average Bonchev–Trinajstić information content (AvgIpc) is 3.14. The summed E-state index contributed by atoms with van der Waals surface area (Å²) in [5.41, 5.74) is 3.39. The van der Waals surface area contributed by atoms with Crippen LogP contribution in [0.25, 0.3) is 0 Å². The average molecular weight is 473 g/mol. The highest BCUT2D eigenvalue weighted by molar-refractivity contribution is 6.21. The van der Waals surface area contributed by atoms with E-state index in [9.17, 15) is 9.59 Å². The van der Waals surface area contributed by atoms with Gasteiger partial charge in [0.1, 0.15) is 12.4 Å². The minimum atomic E-state index is -0.230. The predicted molar refractivity (Wildman–Crippen MR) is 134 cm³/mol. The van der Waals surface area contributed by atoms with Crippen LogP contribution in [-0.2, 0) is 4.74 Å². The molecule has 0 unspecified atom stereocenters. The number of azo groups is 1. The fraction of sp³-hybridized carbons (Fsp3) is 0.259. The minimum Gasteiger partial charge on any atom is -0.491 e. The third-order valence-electron chi connectivity index (χ3n) is 5.74. The Hall–Kier alpha value is -4.04. The largest absolute Gasteiger partial charge is 0.491 e. The fourth-order valence-electron chi connectivity index (χ4n) is 3.83. The van der Waals surface area contributed by atoms with Crippen LogP contribution in [0.4, 0.5) is 17.1 Å². The fourth-order valence-corrected chi connectivity index (χ4v) is 3.83. The molecule has 0 aliphatic carbocycles. The lowest BCUT2D eigenvalue weighted by molar-refractivity contribution is 0.0658. The molecular formula is C27H28N4O4. The molecule has 0 fully saturated rings. The summed E-state index contributed by atoms with van der Waals surface area (Å²) in [6.07, 6.45) is 0. The molecule has 1 aliphatic rings. The Kier molecular flexibility index (Phi) is 7.84. The van der Waals surface area contributed by atoms with Crippen LogP contribution in [0, 0.1) is 0 Å². The van der Waals surface area contributed by atoms with Gasteiger partial charge in [-0.3, -0.25) is 14.5 Å². The number of ether oxygens (including phenoxy) is 2. The van der Waals surface area contributed by atoms with Gasteiger partial charge in [-0.05, 0) is 67.6 Å². The van der Waals surface area contributed by atoms with Gasteiger partial charge in [0.15, 0.2) is 0 Å². The molecule has 35 heavy (non-hydrogen) atoms. The molecule has 1 heterocycles. The number of likely N-dealkylation sites (N-methyl/N-ethyl adjacent to an activating group) is 1. The first-order valence-electron chi connectivity index (χ1n) is 11.5. The third kappa shape index (κ3) is 5.73. The highest BCUT2D eigenvalue weighted by atomic mass is 16.5. The Morgan fingerprint density at radius 1 is 0.800 bits per heavy atom. The monoisotopic (exact) mass is 472 g/mol. The quantitative estimate of drug-likeness (QED) is 0.216. The van der Waals surface area contributed by atoms with Crippen molar-refractivity contribution < 1.29 is 19.1 Å². The van der Waals surface area contributed by atoms with Gasteiger partial charge >= 0.3 is 0 Å². The van der Waals surface area contributed by atoms with Crippen LogP contribution in [0.3, 0.4) is 0 Å². The second kappa shape index (κ2) is 11.4. The Labute approximate surface area is 204 Å². The van der Waals surface area contributed by atoms with Gasteiger partial charge in [-0.15, -0.1) is 0 Å². The van der Waals surface area contributed by atoms with Gasteiger partial charge < -0.3 is 14.4 Å². The number of hydrogen-bond acceptors (Lipinski definition) is 7. The molecule has 0 saturated carbocycles. The van der Waals surface area contributed by atoms with E-state index in [1.54, 1.807) is 31.4 Å². The van der Waals surface area contributed by atoms with Crippen LogP contribution in [0.5, 0.6) is 5.75 Å². The van der Waals surface area contributed by atoms with Crippen molar-refractivity contribution in [3.63, 3.8) is 0 Å². The summed E-state index contributed by atoms with van der Waals surface area (Å²) in [5, 5.41) is 8.59. The molecule has 0 aromatic heterocycles. The molecule has 0 radical (unpaired) electrons. The first-order valence-corrected chi connectivity index (χ1v) is 11.5. The van der Waals surface area contributed by atoms with E-state index in [4.69, 9.17) is 9.47 Å². The zero-order valence-corrected chi connectivity index (χ0v) is 19.9. The van der Waals surface area contributed by atoms with E-state index in [0.29, 0.717) is 37.4 Å². The number of methoxy groups -OCH3 is 1. The van der Waals surface area contributed by atoms with E-state index < -0.39 is 0 Å². The number of fused-ring (bicyclic) bond motifs is 1. The summed E-state index contributed by atoms with van der Waals surface area (Å²) in [5.74, 6) is 0.296. The van der Waals surface area contributed by atoms with Crippen LogP contribution >= 0.6 is 0 Å². The van der Waals surface area contributed by atoms with Gasteiger partial charge in [0.25, 0.3) is 11.8 Å². The van der Waals surface area contributed by atoms with Crippen molar-refractivity contribution in [3.8, 4) is 5.75 Å². The van der Waals surface area contributed by atoms with Gasteiger partial charge in [0.05, 0.1) is 29.1 Å². The van der Waals surface area contributed by atoms with Crippen molar-refractivity contribution in [1.82, 2.24) is 4.90 Å². The summed E-state index contributed by atoms with van der Waals surface area (Å²) in [6.45, 7) is 4.68. The molecular weight excluding hydrogens is 444 g/mol. The summed E-state index contributed by atoms with van der Waals surface area (Å²) >= 11 is 0. The van der Waals surface area contributed by atoms with E-state index in [2.05, 4.69) is 15.1 Å². The first-order chi connectivity index (χ1) is 17.1. The molecule has 1 aliphatic heterocycles. The highest BCUT2D eigenvalue weighted by Crippen LogP contribution is 2.25. The van der Waals surface area contributed by atoms with Crippen molar-refractivity contribution in [2.75, 3.05) is 44.9 Å². The minimum absolute atomic E-state index is 0.230. The van der Waals surface area contributed by atoms with Crippen LogP contribution < -0.4 is 9.64 Å². The lowest BCUT2D eigenvalue weighted by Crippen LogP contribution is -2.38. The highest BCUT2D eigenvalue weighted by Gasteiger charge is 2.34. The zero-order valence-electron chi connectivity index (χ0n) is 19.9. The molecule has 0 spiro atoms. The topological polar surface area (TPSA) is 83.8 Å². The molecule has 3 aromatic rings. The molecule has 4 rings (SSSR count). The third-order valence-corrected chi connectivity index (χ3v) is 5.74. The molecule has 8 heteroatoms. The Bertz CT molecular complexity index is 1160. The SMILES string of the molecule is CCN(CCN1C(=O)c2ccccc2C1=O)c1ccc(/N=N/c2ccc(OCCOC)cc2)cc1.